The molecule has 3 heteroatoms. The van der Waals surface area contributed by atoms with Gasteiger partial charge in [-0.3, -0.25) is 4.98 Å². The number of nitrogens with two attached hydrogens (primary N) is 1. The lowest BCUT2D eigenvalue weighted by Crippen LogP contribution is -2.39. The summed E-state index contributed by atoms with van der Waals surface area (Å²) in [4.78, 5) is 4.14. The molecule has 72 valence electrons. The summed E-state index contributed by atoms with van der Waals surface area (Å²) in [5.74, 6) is 0. The van der Waals surface area contributed by atoms with Crippen LogP contribution in [0.1, 0.15) is 19.0 Å². The Bertz CT molecular complexity index is 244. The van der Waals surface area contributed by atoms with Crippen LogP contribution in [0.25, 0.3) is 0 Å². The SMILES string of the molecule is CCC(O)(CN)Cc1ccccn1. The van der Waals surface area contributed by atoms with Gasteiger partial charge in [0.2, 0.25) is 0 Å². The molecule has 13 heavy (non-hydrogen) atoms. The Hall–Kier alpha value is -0.930. The Morgan fingerprint density at radius 3 is 2.77 bits per heavy atom. The van der Waals surface area contributed by atoms with Gasteiger partial charge in [0, 0.05) is 24.9 Å². The molecular weight excluding hydrogens is 164 g/mol. The fraction of sp³-hybridized carbons (Fsp3) is 0.500. The molecular formula is C10H16N2O. The second-order valence-corrected chi connectivity index (χ2v) is 3.28. The van der Waals surface area contributed by atoms with Gasteiger partial charge in [0.25, 0.3) is 0 Å². The highest BCUT2D eigenvalue weighted by atomic mass is 16.3. The van der Waals surface area contributed by atoms with Gasteiger partial charge in [0.05, 0.1) is 5.60 Å². The molecule has 0 saturated heterocycles. The normalized spacial score (nSPS) is 15.3. The lowest BCUT2D eigenvalue weighted by atomic mass is 9.95. The zero-order chi connectivity index (χ0) is 9.73. The van der Waals surface area contributed by atoms with Gasteiger partial charge in [-0.15, -0.1) is 0 Å². The Morgan fingerprint density at radius 1 is 1.54 bits per heavy atom. The molecule has 3 nitrogen and oxygen atoms in total. The first-order valence-electron chi connectivity index (χ1n) is 4.52. The van der Waals surface area contributed by atoms with E-state index in [1.807, 2.05) is 25.1 Å². The van der Waals surface area contributed by atoms with Crippen LogP contribution in [0.5, 0.6) is 0 Å². The maximum atomic E-state index is 9.92. The van der Waals surface area contributed by atoms with E-state index < -0.39 is 5.60 Å². The van der Waals surface area contributed by atoms with E-state index in [-0.39, 0.29) is 6.54 Å². The summed E-state index contributed by atoms with van der Waals surface area (Å²) in [6.45, 7) is 2.20. The van der Waals surface area contributed by atoms with Crippen molar-refractivity contribution in [3.8, 4) is 0 Å². The molecule has 0 saturated carbocycles. The highest BCUT2D eigenvalue weighted by Gasteiger charge is 2.23. The molecule has 0 radical (unpaired) electrons. The lowest BCUT2D eigenvalue weighted by molar-refractivity contribution is 0.0447. The number of rotatable bonds is 4. The first-order chi connectivity index (χ1) is 6.20. The second-order valence-electron chi connectivity index (χ2n) is 3.28. The number of nitrogens with zero attached hydrogens (tertiary/aromatic N) is 1. The minimum absolute atomic E-state index is 0.278. The molecule has 1 aromatic rings. The molecule has 1 heterocycles. The quantitative estimate of drug-likeness (QED) is 0.718. The zero-order valence-corrected chi connectivity index (χ0v) is 7.90. The molecule has 1 aromatic heterocycles. The van der Waals surface area contributed by atoms with Crippen LogP contribution < -0.4 is 5.73 Å². The van der Waals surface area contributed by atoms with E-state index in [4.69, 9.17) is 5.73 Å². The van der Waals surface area contributed by atoms with Crippen LogP contribution in [0.3, 0.4) is 0 Å². The van der Waals surface area contributed by atoms with Crippen molar-refractivity contribution >= 4 is 0 Å². The van der Waals surface area contributed by atoms with Gasteiger partial charge in [-0.2, -0.15) is 0 Å². The van der Waals surface area contributed by atoms with Crippen LogP contribution in [-0.2, 0) is 6.42 Å². The fourth-order valence-corrected chi connectivity index (χ4v) is 1.18. The predicted octanol–water partition coefficient (Wildman–Crippen LogP) is 0.724. The third-order valence-electron chi connectivity index (χ3n) is 2.27. The highest BCUT2D eigenvalue weighted by Crippen LogP contribution is 2.13. The monoisotopic (exact) mass is 180 g/mol. The van der Waals surface area contributed by atoms with Crippen molar-refractivity contribution in [1.29, 1.82) is 0 Å². The summed E-state index contributed by atoms with van der Waals surface area (Å²) in [7, 11) is 0. The Morgan fingerprint density at radius 2 is 2.31 bits per heavy atom. The molecule has 0 bridgehead atoms. The van der Waals surface area contributed by atoms with Crippen LogP contribution in [0.2, 0.25) is 0 Å². The number of hydrogen-bond acceptors (Lipinski definition) is 3. The smallest absolute Gasteiger partial charge is 0.0821 e. The van der Waals surface area contributed by atoms with Crippen molar-refractivity contribution in [3.63, 3.8) is 0 Å². The van der Waals surface area contributed by atoms with Crippen molar-refractivity contribution in [2.75, 3.05) is 6.54 Å². The van der Waals surface area contributed by atoms with Gasteiger partial charge in [-0.25, -0.2) is 0 Å². The Balaban J connectivity index is 2.68. The number of pyridine rings is 1. The molecule has 0 aromatic carbocycles. The molecule has 1 unspecified atom stereocenters. The zero-order valence-electron chi connectivity index (χ0n) is 7.90. The summed E-state index contributed by atoms with van der Waals surface area (Å²) in [6, 6.07) is 5.67. The summed E-state index contributed by atoms with van der Waals surface area (Å²) < 4.78 is 0. The molecule has 0 aliphatic carbocycles. The third kappa shape index (κ3) is 2.79. The van der Waals surface area contributed by atoms with Gasteiger partial charge < -0.3 is 10.8 Å². The Labute approximate surface area is 78.6 Å². The van der Waals surface area contributed by atoms with E-state index in [1.54, 1.807) is 6.20 Å². The van der Waals surface area contributed by atoms with E-state index in [9.17, 15) is 5.11 Å². The molecule has 1 atom stereocenters. The minimum Gasteiger partial charge on any atom is -0.388 e. The lowest BCUT2D eigenvalue weighted by Gasteiger charge is -2.24. The first-order valence-corrected chi connectivity index (χ1v) is 4.52. The van der Waals surface area contributed by atoms with Gasteiger partial charge in [-0.1, -0.05) is 13.0 Å². The van der Waals surface area contributed by atoms with Crippen LogP contribution in [0.15, 0.2) is 24.4 Å². The van der Waals surface area contributed by atoms with E-state index in [2.05, 4.69) is 4.98 Å². The van der Waals surface area contributed by atoms with Crippen LogP contribution >= 0.6 is 0 Å². The molecule has 0 amide bonds. The maximum Gasteiger partial charge on any atom is 0.0821 e. The summed E-state index contributed by atoms with van der Waals surface area (Å²) in [5.41, 5.74) is 5.58. The standard InChI is InChI=1S/C10H16N2O/c1-2-10(13,8-11)7-9-5-3-4-6-12-9/h3-6,13H,2,7-8,11H2,1H3. The molecule has 1 rings (SSSR count). The van der Waals surface area contributed by atoms with E-state index in [0.29, 0.717) is 12.8 Å². The first kappa shape index (κ1) is 10.2. The highest BCUT2D eigenvalue weighted by molar-refractivity contribution is 5.07. The van der Waals surface area contributed by atoms with Gasteiger partial charge in [-0.05, 0) is 18.6 Å². The topological polar surface area (TPSA) is 59.1 Å². The summed E-state index contributed by atoms with van der Waals surface area (Å²) >= 11 is 0. The number of aromatic nitrogens is 1. The summed E-state index contributed by atoms with van der Waals surface area (Å²) in [5, 5.41) is 9.92. The third-order valence-corrected chi connectivity index (χ3v) is 2.27. The van der Waals surface area contributed by atoms with Gasteiger partial charge in [0.1, 0.15) is 0 Å². The van der Waals surface area contributed by atoms with Crippen LogP contribution in [-0.4, -0.2) is 22.2 Å². The van der Waals surface area contributed by atoms with Gasteiger partial charge >= 0.3 is 0 Å². The maximum absolute atomic E-state index is 9.92. The molecule has 0 aliphatic heterocycles. The average molecular weight is 180 g/mol. The molecule has 0 fully saturated rings. The Kier molecular flexibility index (Phi) is 3.39. The van der Waals surface area contributed by atoms with E-state index in [1.165, 1.54) is 0 Å². The fourth-order valence-electron chi connectivity index (χ4n) is 1.18. The minimum atomic E-state index is -0.797. The largest absolute Gasteiger partial charge is 0.388 e. The average Bonchev–Trinajstić information content (AvgIpc) is 2.19. The van der Waals surface area contributed by atoms with E-state index in [0.717, 1.165) is 5.69 Å². The van der Waals surface area contributed by atoms with Crippen molar-refractivity contribution in [1.82, 2.24) is 4.98 Å². The van der Waals surface area contributed by atoms with Crippen molar-refractivity contribution in [3.05, 3.63) is 30.1 Å². The van der Waals surface area contributed by atoms with Crippen LogP contribution in [0, 0.1) is 0 Å². The number of hydrogen-bond donors (Lipinski definition) is 2. The summed E-state index contributed by atoms with van der Waals surface area (Å²) in [6.07, 6.45) is 2.91. The van der Waals surface area contributed by atoms with Gasteiger partial charge in [0.15, 0.2) is 0 Å². The molecule has 0 spiro atoms. The molecule has 0 aliphatic rings. The predicted molar refractivity (Wildman–Crippen MR) is 52.2 cm³/mol. The van der Waals surface area contributed by atoms with Crippen molar-refractivity contribution in [2.24, 2.45) is 5.73 Å². The molecule has 3 N–H and O–H groups in total. The number of aliphatic hydroxyl groups is 1. The van der Waals surface area contributed by atoms with Crippen LogP contribution in [0.4, 0.5) is 0 Å². The van der Waals surface area contributed by atoms with Crippen molar-refractivity contribution in [2.45, 2.75) is 25.4 Å². The van der Waals surface area contributed by atoms with Crippen molar-refractivity contribution < 1.29 is 5.11 Å². The second kappa shape index (κ2) is 4.35. The van der Waals surface area contributed by atoms with E-state index >= 15 is 0 Å².